The molecule has 1 aromatic carbocycles. The van der Waals surface area contributed by atoms with Crippen molar-refractivity contribution in [2.24, 2.45) is 0 Å². The predicted octanol–water partition coefficient (Wildman–Crippen LogP) is 3.03. The Morgan fingerprint density at radius 3 is 2.52 bits per heavy atom. The third-order valence-corrected chi connectivity index (χ3v) is 4.07. The van der Waals surface area contributed by atoms with Crippen LogP contribution in [0.5, 0.6) is 5.88 Å². The fraction of sp³-hybridized carbons (Fsp3) is 0.400. The highest BCUT2D eigenvalue weighted by atomic mass is 32.2. The van der Waals surface area contributed by atoms with Gasteiger partial charge in [-0.05, 0) is 18.9 Å². The average Bonchev–Trinajstić information content (AvgIpc) is 2.86. The summed E-state index contributed by atoms with van der Waals surface area (Å²) in [7, 11) is -5.72. The van der Waals surface area contributed by atoms with E-state index in [1.165, 1.54) is 6.92 Å². The van der Waals surface area contributed by atoms with Crippen LogP contribution in [0.1, 0.15) is 17.7 Å². The van der Waals surface area contributed by atoms with Crippen molar-refractivity contribution in [3.05, 3.63) is 47.7 Å². The van der Waals surface area contributed by atoms with Gasteiger partial charge in [0.25, 0.3) is 0 Å². The molecule has 0 fully saturated rings. The van der Waals surface area contributed by atoms with Crippen LogP contribution in [-0.4, -0.2) is 30.3 Å². The van der Waals surface area contributed by atoms with Gasteiger partial charge in [0.15, 0.2) is 0 Å². The average molecular weight is 378 g/mol. The second-order valence-electron chi connectivity index (χ2n) is 5.22. The molecule has 0 unspecified atom stereocenters. The monoisotopic (exact) mass is 378 g/mol. The van der Waals surface area contributed by atoms with Gasteiger partial charge in [-0.2, -0.15) is 26.7 Å². The molecule has 0 aliphatic carbocycles. The molecule has 2 aromatic rings. The molecule has 0 saturated carbocycles. The molecular formula is C15H17F3N2O4S. The summed E-state index contributed by atoms with van der Waals surface area (Å²) in [5.41, 5.74) is -4.15. The Morgan fingerprint density at radius 1 is 1.20 bits per heavy atom. The van der Waals surface area contributed by atoms with E-state index < -0.39 is 21.5 Å². The number of hydrogen-bond donors (Lipinski definition) is 0. The minimum Gasteiger partial charge on any atom is -0.377 e. The zero-order valence-corrected chi connectivity index (χ0v) is 14.2. The van der Waals surface area contributed by atoms with E-state index in [1.54, 1.807) is 0 Å². The van der Waals surface area contributed by atoms with E-state index in [-0.39, 0.29) is 6.54 Å². The zero-order chi connectivity index (χ0) is 18.5. The minimum atomic E-state index is -5.72. The fourth-order valence-corrected chi connectivity index (χ4v) is 2.44. The maximum Gasteiger partial charge on any atom is 0.534 e. The van der Waals surface area contributed by atoms with Crippen molar-refractivity contribution in [1.29, 1.82) is 0 Å². The molecule has 0 aliphatic heterocycles. The number of ether oxygens (including phenoxy) is 1. The number of aryl methyl sites for hydroxylation is 2. The molecule has 0 N–H and O–H groups in total. The van der Waals surface area contributed by atoms with Gasteiger partial charge in [0.1, 0.15) is 0 Å². The third kappa shape index (κ3) is 5.46. The predicted molar refractivity (Wildman–Crippen MR) is 83.3 cm³/mol. The third-order valence-electron chi connectivity index (χ3n) is 3.11. The van der Waals surface area contributed by atoms with Crippen molar-refractivity contribution >= 4 is 10.1 Å². The lowest BCUT2D eigenvalue weighted by atomic mass is 10.2. The van der Waals surface area contributed by atoms with E-state index >= 15 is 0 Å². The molecule has 138 valence electrons. The SMILES string of the molecule is Cc1cc(OS(=O)(=O)C(F)(F)F)n(CCCOCc2ccccc2)n1. The van der Waals surface area contributed by atoms with Crippen LogP contribution in [-0.2, 0) is 28.0 Å². The van der Waals surface area contributed by atoms with Gasteiger partial charge in [0, 0.05) is 19.2 Å². The lowest BCUT2D eigenvalue weighted by molar-refractivity contribution is -0.0502. The van der Waals surface area contributed by atoms with Crippen molar-refractivity contribution in [3.63, 3.8) is 0 Å². The molecule has 0 saturated heterocycles. The smallest absolute Gasteiger partial charge is 0.377 e. The Hall–Kier alpha value is -2.07. The van der Waals surface area contributed by atoms with Crippen LogP contribution in [0.3, 0.4) is 0 Å². The summed E-state index contributed by atoms with van der Waals surface area (Å²) in [6, 6.07) is 10.6. The second-order valence-corrected chi connectivity index (χ2v) is 6.76. The van der Waals surface area contributed by atoms with Crippen molar-refractivity contribution < 1.29 is 30.5 Å². The Kier molecular flexibility index (Phi) is 6.07. The number of hydrogen-bond acceptors (Lipinski definition) is 5. The van der Waals surface area contributed by atoms with Crippen LogP contribution >= 0.6 is 0 Å². The molecule has 1 aromatic heterocycles. The summed E-state index contributed by atoms with van der Waals surface area (Å²) in [4.78, 5) is 0. The molecule has 25 heavy (non-hydrogen) atoms. The van der Waals surface area contributed by atoms with E-state index in [4.69, 9.17) is 4.74 Å². The molecule has 10 heteroatoms. The zero-order valence-electron chi connectivity index (χ0n) is 13.4. The topological polar surface area (TPSA) is 70.4 Å². The first-order valence-corrected chi connectivity index (χ1v) is 8.77. The summed E-state index contributed by atoms with van der Waals surface area (Å²) >= 11 is 0. The van der Waals surface area contributed by atoms with E-state index in [2.05, 4.69) is 9.28 Å². The highest BCUT2D eigenvalue weighted by Crippen LogP contribution is 2.27. The van der Waals surface area contributed by atoms with Gasteiger partial charge in [0.2, 0.25) is 5.88 Å². The Labute approximate surface area is 143 Å². The van der Waals surface area contributed by atoms with Crippen LogP contribution in [0.4, 0.5) is 13.2 Å². The lowest BCUT2D eigenvalue weighted by Gasteiger charge is -2.11. The van der Waals surface area contributed by atoms with Crippen LogP contribution < -0.4 is 4.18 Å². The van der Waals surface area contributed by atoms with Crippen LogP contribution in [0.15, 0.2) is 36.4 Å². The summed E-state index contributed by atoms with van der Waals surface area (Å²) in [6.45, 7) is 2.42. The second kappa shape index (κ2) is 7.87. The summed E-state index contributed by atoms with van der Waals surface area (Å²) in [6.07, 6.45) is 0.427. The summed E-state index contributed by atoms with van der Waals surface area (Å²) < 4.78 is 70.1. The van der Waals surface area contributed by atoms with E-state index in [9.17, 15) is 21.6 Å². The van der Waals surface area contributed by atoms with Gasteiger partial charge in [-0.25, -0.2) is 4.68 Å². The standard InChI is InChI=1S/C15H17F3N2O4S/c1-12-10-14(24-25(21,22)15(16,17)18)20(19-12)8-5-9-23-11-13-6-3-2-4-7-13/h2-4,6-7,10H,5,8-9,11H2,1H3. The number of aromatic nitrogens is 2. The number of rotatable bonds is 8. The largest absolute Gasteiger partial charge is 0.534 e. The Balaban J connectivity index is 1.88. The van der Waals surface area contributed by atoms with Gasteiger partial charge in [-0.3, -0.25) is 0 Å². The van der Waals surface area contributed by atoms with Gasteiger partial charge < -0.3 is 8.92 Å². The minimum absolute atomic E-state index is 0.158. The number of halogens is 3. The Morgan fingerprint density at radius 2 is 1.88 bits per heavy atom. The number of benzene rings is 1. The highest BCUT2D eigenvalue weighted by Gasteiger charge is 2.49. The van der Waals surface area contributed by atoms with E-state index in [0.717, 1.165) is 16.3 Å². The molecule has 6 nitrogen and oxygen atoms in total. The van der Waals surface area contributed by atoms with Crippen LogP contribution in [0, 0.1) is 6.92 Å². The molecule has 0 radical (unpaired) electrons. The normalized spacial score (nSPS) is 12.3. The Bertz CT molecular complexity index is 789. The maximum atomic E-state index is 12.4. The van der Waals surface area contributed by atoms with Gasteiger partial charge in [-0.1, -0.05) is 30.3 Å². The molecule has 0 spiro atoms. The fourth-order valence-electron chi connectivity index (χ4n) is 1.99. The van der Waals surface area contributed by atoms with Gasteiger partial charge in [-0.15, -0.1) is 0 Å². The van der Waals surface area contributed by atoms with Crippen LogP contribution in [0.2, 0.25) is 0 Å². The lowest BCUT2D eigenvalue weighted by Crippen LogP contribution is -2.29. The number of alkyl halides is 3. The molecule has 1 heterocycles. The van der Waals surface area contributed by atoms with Gasteiger partial charge >= 0.3 is 15.6 Å². The van der Waals surface area contributed by atoms with Crippen molar-refractivity contribution in [3.8, 4) is 5.88 Å². The quantitative estimate of drug-likeness (QED) is 0.401. The molecule has 0 atom stereocenters. The maximum absolute atomic E-state index is 12.4. The van der Waals surface area contributed by atoms with Crippen molar-refractivity contribution in [1.82, 2.24) is 9.78 Å². The molecule has 0 amide bonds. The number of nitrogens with zero attached hydrogens (tertiary/aromatic N) is 2. The summed E-state index contributed by atoms with van der Waals surface area (Å²) in [5, 5.41) is 3.94. The first kappa shape index (κ1) is 19.3. The molecule has 0 aliphatic rings. The van der Waals surface area contributed by atoms with Gasteiger partial charge in [0.05, 0.1) is 12.3 Å². The molecule has 0 bridgehead atoms. The molecular weight excluding hydrogens is 361 g/mol. The van der Waals surface area contributed by atoms with E-state index in [0.29, 0.717) is 25.3 Å². The summed E-state index contributed by atoms with van der Waals surface area (Å²) in [5.74, 6) is -0.474. The highest BCUT2D eigenvalue weighted by molar-refractivity contribution is 7.87. The van der Waals surface area contributed by atoms with Crippen LogP contribution in [0.25, 0.3) is 0 Å². The molecule has 2 rings (SSSR count). The van der Waals surface area contributed by atoms with E-state index in [1.807, 2.05) is 30.3 Å². The first-order chi connectivity index (χ1) is 11.7. The van der Waals surface area contributed by atoms with Crippen molar-refractivity contribution in [2.75, 3.05) is 6.61 Å². The first-order valence-electron chi connectivity index (χ1n) is 7.36. The van der Waals surface area contributed by atoms with Crippen molar-refractivity contribution in [2.45, 2.75) is 32.0 Å².